The Morgan fingerprint density at radius 1 is 1.20 bits per heavy atom. The Bertz CT molecular complexity index is 778. The van der Waals surface area contributed by atoms with Crippen molar-refractivity contribution in [3.8, 4) is 0 Å². The molecule has 0 aliphatic carbocycles. The van der Waals surface area contributed by atoms with Crippen LogP contribution >= 0.6 is 0 Å². The molecule has 0 saturated carbocycles. The monoisotopic (exact) mass is 343 g/mol. The zero-order valence-electron chi connectivity index (χ0n) is 13.5. The molecule has 2 aromatic carbocycles. The average molecular weight is 343 g/mol. The summed E-state index contributed by atoms with van der Waals surface area (Å²) in [6.45, 7) is 1.14. The van der Waals surface area contributed by atoms with Crippen LogP contribution in [0.5, 0.6) is 0 Å². The lowest BCUT2D eigenvalue weighted by atomic mass is 10.1. The molecule has 6 heteroatoms. The first kappa shape index (κ1) is 17.1. The summed E-state index contributed by atoms with van der Waals surface area (Å²) in [5.41, 5.74) is 0.808. The summed E-state index contributed by atoms with van der Waals surface area (Å²) in [6, 6.07) is 13.1. The number of benzene rings is 2. The number of carboxylic acid groups (broad SMARTS) is 1. The highest BCUT2D eigenvalue weighted by atomic mass is 19.1. The lowest BCUT2D eigenvalue weighted by molar-refractivity contribution is -0.0209. The molecule has 1 fully saturated rings. The second-order valence-corrected chi connectivity index (χ2v) is 5.93. The number of carbonyl (C=O) groups is 2. The molecule has 25 heavy (non-hydrogen) atoms. The van der Waals surface area contributed by atoms with Crippen LogP contribution in [-0.2, 0) is 11.2 Å². The highest BCUT2D eigenvalue weighted by Crippen LogP contribution is 2.17. The van der Waals surface area contributed by atoms with E-state index in [0.29, 0.717) is 26.1 Å². The van der Waals surface area contributed by atoms with Crippen LogP contribution in [0.25, 0.3) is 0 Å². The van der Waals surface area contributed by atoms with Gasteiger partial charge >= 0.3 is 5.97 Å². The maximum absolute atomic E-state index is 14.1. The highest BCUT2D eigenvalue weighted by Gasteiger charge is 2.27. The smallest absolute Gasteiger partial charge is 0.335 e. The quantitative estimate of drug-likeness (QED) is 0.927. The molecule has 1 unspecified atom stereocenters. The zero-order valence-corrected chi connectivity index (χ0v) is 13.5. The second kappa shape index (κ2) is 7.44. The molecule has 2 aromatic rings. The van der Waals surface area contributed by atoms with Crippen LogP contribution < -0.4 is 0 Å². The van der Waals surface area contributed by atoms with Crippen LogP contribution in [0.1, 0.15) is 26.3 Å². The van der Waals surface area contributed by atoms with Gasteiger partial charge in [0.05, 0.1) is 23.8 Å². The van der Waals surface area contributed by atoms with Crippen molar-refractivity contribution in [2.24, 2.45) is 0 Å². The van der Waals surface area contributed by atoms with Gasteiger partial charge in [-0.05, 0) is 23.8 Å². The zero-order chi connectivity index (χ0) is 17.8. The normalized spacial score (nSPS) is 17.3. The first-order valence-electron chi connectivity index (χ1n) is 8.02. The van der Waals surface area contributed by atoms with Crippen molar-refractivity contribution < 1.29 is 23.8 Å². The van der Waals surface area contributed by atoms with Crippen molar-refractivity contribution in [3.05, 3.63) is 71.0 Å². The second-order valence-electron chi connectivity index (χ2n) is 5.93. The largest absolute Gasteiger partial charge is 0.478 e. The van der Waals surface area contributed by atoms with Gasteiger partial charge in [0.15, 0.2) is 0 Å². The van der Waals surface area contributed by atoms with Crippen LogP contribution in [0.15, 0.2) is 48.5 Å². The fourth-order valence-electron chi connectivity index (χ4n) is 2.90. The maximum atomic E-state index is 14.1. The Hall–Kier alpha value is -2.73. The minimum absolute atomic E-state index is 0.120. The van der Waals surface area contributed by atoms with Crippen molar-refractivity contribution in [2.75, 3.05) is 19.7 Å². The van der Waals surface area contributed by atoms with E-state index in [2.05, 4.69) is 0 Å². The molecule has 1 atom stereocenters. The summed E-state index contributed by atoms with van der Waals surface area (Å²) in [5, 5.41) is 8.88. The molecule has 0 bridgehead atoms. The molecule has 5 nitrogen and oxygen atoms in total. The fraction of sp³-hybridized carbons (Fsp3) is 0.263. The molecule has 1 heterocycles. The Morgan fingerprint density at radius 3 is 2.64 bits per heavy atom. The van der Waals surface area contributed by atoms with Gasteiger partial charge in [0, 0.05) is 19.5 Å². The number of halogens is 1. The van der Waals surface area contributed by atoms with E-state index in [1.165, 1.54) is 12.1 Å². The van der Waals surface area contributed by atoms with E-state index >= 15 is 0 Å². The topological polar surface area (TPSA) is 66.8 Å². The summed E-state index contributed by atoms with van der Waals surface area (Å²) in [7, 11) is 0. The summed E-state index contributed by atoms with van der Waals surface area (Å²) in [5.74, 6) is -2.50. The van der Waals surface area contributed by atoms with Gasteiger partial charge in [-0.2, -0.15) is 0 Å². The number of carbonyl (C=O) groups excluding carboxylic acids is 1. The first-order chi connectivity index (χ1) is 12.0. The average Bonchev–Trinajstić information content (AvgIpc) is 2.62. The van der Waals surface area contributed by atoms with Crippen molar-refractivity contribution >= 4 is 11.9 Å². The molecule has 3 rings (SSSR count). The SMILES string of the molecule is O=C(O)c1ccc(C(=O)N2CCOC(Cc3ccccc3)C2)c(F)c1. The summed E-state index contributed by atoms with van der Waals surface area (Å²) >= 11 is 0. The van der Waals surface area contributed by atoms with Gasteiger partial charge in [-0.25, -0.2) is 9.18 Å². The van der Waals surface area contributed by atoms with Crippen molar-refractivity contribution in [1.82, 2.24) is 4.90 Å². The van der Waals surface area contributed by atoms with Crippen LogP contribution in [0.4, 0.5) is 4.39 Å². The number of hydrogen-bond acceptors (Lipinski definition) is 3. The molecule has 0 radical (unpaired) electrons. The van der Waals surface area contributed by atoms with Crippen LogP contribution in [0, 0.1) is 5.82 Å². The first-order valence-corrected chi connectivity index (χ1v) is 8.02. The number of carboxylic acids is 1. The van der Waals surface area contributed by atoms with Crippen LogP contribution in [0.2, 0.25) is 0 Å². The summed E-state index contributed by atoms with van der Waals surface area (Å²) in [4.78, 5) is 25.0. The number of amides is 1. The van der Waals surface area contributed by atoms with Gasteiger partial charge in [0.25, 0.3) is 5.91 Å². The predicted octanol–water partition coefficient (Wildman–Crippen LogP) is 2.61. The molecule has 1 amide bonds. The summed E-state index contributed by atoms with van der Waals surface area (Å²) < 4.78 is 19.8. The minimum atomic E-state index is -1.23. The fourth-order valence-corrected chi connectivity index (χ4v) is 2.90. The molecule has 1 saturated heterocycles. The molecule has 0 spiro atoms. The van der Waals surface area contributed by atoms with E-state index in [9.17, 15) is 14.0 Å². The van der Waals surface area contributed by atoms with Crippen LogP contribution in [0.3, 0.4) is 0 Å². The van der Waals surface area contributed by atoms with E-state index in [-0.39, 0.29) is 17.2 Å². The van der Waals surface area contributed by atoms with E-state index in [0.717, 1.165) is 11.6 Å². The molecule has 1 aliphatic rings. The predicted molar refractivity (Wildman–Crippen MR) is 89.1 cm³/mol. The lowest BCUT2D eigenvalue weighted by Gasteiger charge is -2.33. The molecule has 1 aliphatic heterocycles. The molecule has 0 aromatic heterocycles. The van der Waals surface area contributed by atoms with Gasteiger partial charge in [-0.3, -0.25) is 4.79 Å². The standard InChI is InChI=1S/C19H18FNO4/c20-17-11-14(19(23)24)6-7-16(17)18(22)21-8-9-25-15(12-21)10-13-4-2-1-3-5-13/h1-7,11,15H,8-10,12H2,(H,23,24). The van der Waals surface area contributed by atoms with Crippen molar-refractivity contribution in [1.29, 1.82) is 0 Å². The van der Waals surface area contributed by atoms with Gasteiger partial charge in [-0.15, -0.1) is 0 Å². The van der Waals surface area contributed by atoms with Gasteiger partial charge in [-0.1, -0.05) is 30.3 Å². The Kier molecular flexibility index (Phi) is 5.09. The maximum Gasteiger partial charge on any atom is 0.335 e. The number of hydrogen-bond donors (Lipinski definition) is 1. The number of aromatic carboxylic acids is 1. The number of nitrogens with zero attached hydrogens (tertiary/aromatic N) is 1. The third-order valence-corrected chi connectivity index (χ3v) is 4.18. The van der Waals surface area contributed by atoms with Crippen molar-refractivity contribution in [3.63, 3.8) is 0 Å². The molecular weight excluding hydrogens is 325 g/mol. The number of ether oxygens (including phenoxy) is 1. The summed E-state index contributed by atoms with van der Waals surface area (Å²) in [6.07, 6.45) is 0.520. The number of morpholine rings is 1. The van der Waals surface area contributed by atoms with Crippen LogP contribution in [-0.4, -0.2) is 47.7 Å². The van der Waals surface area contributed by atoms with E-state index in [1.807, 2.05) is 30.3 Å². The molecular formula is C19H18FNO4. The Labute approximate surface area is 144 Å². The number of rotatable bonds is 4. The van der Waals surface area contributed by atoms with Gasteiger partial charge in [0.1, 0.15) is 5.82 Å². The van der Waals surface area contributed by atoms with E-state index in [1.54, 1.807) is 4.90 Å². The molecule has 1 N–H and O–H groups in total. The Balaban J connectivity index is 1.70. The van der Waals surface area contributed by atoms with Crippen molar-refractivity contribution in [2.45, 2.75) is 12.5 Å². The minimum Gasteiger partial charge on any atom is -0.478 e. The molecule has 130 valence electrons. The third-order valence-electron chi connectivity index (χ3n) is 4.18. The van der Waals surface area contributed by atoms with Gasteiger partial charge in [0.2, 0.25) is 0 Å². The van der Waals surface area contributed by atoms with E-state index < -0.39 is 17.7 Å². The Morgan fingerprint density at radius 2 is 1.96 bits per heavy atom. The highest BCUT2D eigenvalue weighted by molar-refractivity contribution is 5.96. The third kappa shape index (κ3) is 4.03. The van der Waals surface area contributed by atoms with Gasteiger partial charge < -0.3 is 14.7 Å². The van der Waals surface area contributed by atoms with E-state index in [4.69, 9.17) is 9.84 Å². The lowest BCUT2D eigenvalue weighted by Crippen LogP contribution is -2.46.